The minimum Gasteiger partial charge on any atom is -0.366 e. The SMILES string of the molecule is NC(=O)c1ccc(F)cc1Cl.O=S(=O)(O)/C=C/c1cccc(Cl)c1. The van der Waals surface area contributed by atoms with E-state index in [2.05, 4.69) is 0 Å². The van der Waals surface area contributed by atoms with E-state index in [0.29, 0.717) is 16.0 Å². The van der Waals surface area contributed by atoms with Crippen LogP contribution >= 0.6 is 23.2 Å². The zero-order chi connectivity index (χ0) is 18.3. The summed E-state index contributed by atoms with van der Waals surface area (Å²) in [6.45, 7) is 0. The minimum absolute atomic E-state index is 0.0394. The average molecular weight is 392 g/mol. The maximum Gasteiger partial charge on any atom is 0.287 e. The standard InChI is InChI=1S/C8H7ClO3S.C7H5ClFNO/c9-8-3-1-2-7(6-8)4-5-13(10,11)12;8-6-3-4(9)1-2-5(6)7(10)11/h1-6H,(H,10,11,12);1-3H,(H2,10,11)/b5-4+;. The van der Waals surface area contributed by atoms with Crippen molar-refractivity contribution < 1.29 is 22.2 Å². The van der Waals surface area contributed by atoms with Crippen LogP contribution < -0.4 is 5.73 Å². The molecule has 2 rings (SSSR count). The first-order valence-corrected chi connectivity index (χ1v) is 8.50. The van der Waals surface area contributed by atoms with Gasteiger partial charge in [-0.05, 0) is 42.0 Å². The predicted molar refractivity (Wildman–Crippen MR) is 92.0 cm³/mol. The first-order chi connectivity index (χ1) is 11.1. The first-order valence-electron chi connectivity index (χ1n) is 6.24. The molecule has 0 aliphatic carbocycles. The van der Waals surface area contributed by atoms with E-state index in [1.807, 2.05) is 0 Å². The molecule has 0 saturated heterocycles. The normalized spacial score (nSPS) is 11.0. The fraction of sp³-hybridized carbons (Fsp3) is 0. The fourth-order valence-corrected chi connectivity index (χ4v) is 2.25. The van der Waals surface area contributed by atoms with Crippen molar-refractivity contribution in [1.29, 1.82) is 0 Å². The zero-order valence-electron chi connectivity index (χ0n) is 12.0. The summed E-state index contributed by atoms with van der Waals surface area (Å²) in [5, 5.41) is 1.26. The number of primary amides is 1. The maximum atomic E-state index is 12.4. The Labute approximate surface area is 148 Å². The third-order valence-electron chi connectivity index (χ3n) is 2.48. The van der Waals surface area contributed by atoms with E-state index < -0.39 is 21.8 Å². The second-order valence-corrected chi connectivity index (χ2v) is 6.51. The van der Waals surface area contributed by atoms with Gasteiger partial charge in [0.1, 0.15) is 5.82 Å². The topological polar surface area (TPSA) is 97.5 Å². The molecule has 0 saturated carbocycles. The molecular formula is C15H12Cl2FNO4S. The van der Waals surface area contributed by atoms with Crippen LogP contribution in [0.25, 0.3) is 6.08 Å². The van der Waals surface area contributed by atoms with Gasteiger partial charge in [0.25, 0.3) is 10.1 Å². The summed E-state index contributed by atoms with van der Waals surface area (Å²) in [6.07, 6.45) is 1.27. The monoisotopic (exact) mass is 391 g/mol. The Balaban J connectivity index is 0.000000243. The van der Waals surface area contributed by atoms with E-state index in [1.165, 1.54) is 12.1 Å². The lowest BCUT2D eigenvalue weighted by molar-refractivity contribution is 0.100. The van der Waals surface area contributed by atoms with Gasteiger partial charge >= 0.3 is 0 Å². The first kappa shape index (κ1) is 20.1. The molecule has 9 heteroatoms. The zero-order valence-corrected chi connectivity index (χ0v) is 14.3. The van der Waals surface area contributed by atoms with Crippen LogP contribution in [0.15, 0.2) is 47.9 Å². The third-order valence-corrected chi connectivity index (χ3v) is 3.51. The summed E-state index contributed by atoms with van der Waals surface area (Å²) in [5.41, 5.74) is 5.67. The van der Waals surface area contributed by atoms with E-state index in [0.717, 1.165) is 12.1 Å². The van der Waals surface area contributed by atoms with Crippen molar-refractivity contribution in [3.8, 4) is 0 Å². The number of halogens is 3. The van der Waals surface area contributed by atoms with Crippen LogP contribution in [-0.4, -0.2) is 18.9 Å². The molecule has 128 valence electrons. The molecule has 0 spiro atoms. The molecule has 1 amide bonds. The minimum atomic E-state index is -4.06. The number of hydrogen-bond acceptors (Lipinski definition) is 3. The summed E-state index contributed by atoms with van der Waals surface area (Å²) >= 11 is 11.1. The second kappa shape index (κ2) is 8.79. The van der Waals surface area contributed by atoms with Crippen molar-refractivity contribution in [3.05, 3.63) is 74.9 Å². The van der Waals surface area contributed by atoms with Gasteiger partial charge in [0, 0.05) is 5.02 Å². The fourth-order valence-electron chi connectivity index (χ4n) is 1.46. The second-order valence-electron chi connectivity index (χ2n) is 4.36. The molecule has 5 nitrogen and oxygen atoms in total. The summed E-state index contributed by atoms with van der Waals surface area (Å²) in [5.74, 6) is -1.14. The van der Waals surface area contributed by atoms with Crippen LogP contribution in [-0.2, 0) is 10.1 Å². The molecule has 2 aromatic carbocycles. The Morgan fingerprint density at radius 3 is 2.33 bits per heavy atom. The van der Waals surface area contributed by atoms with E-state index in [4.69, 9.17) is 33.5 Å². The van der Waals surface area contributed by atoms with Crippen molar-refractivity contribution in [2.24, 2.45) is 5.73 Å². The predicted octanol–water partition coefficient (Wildman–Crippen LogP) is 3.78. The van der Waals surface area contributed by atoms with E-state index in [9.17, 15) is 17.6 Å². The number of nitrogens with two attached hydrogens (primary N) is 1. The summed E-state index contributed by atoms with van der Waals surface area (Å²) in [6, 6.07) is 10.0. The molecule has 0 bridgehead atoms. The molecular weight excluding hydrogens is 380 g/mol. The van der Waals surface area contributed by atoms with Crippen molar-refractivity contribution in [1.82, 2.24) is 0 Å². The third kappa shape index (κ3) is 7.56. The molecule has 24 heavy (non-hydrogen) atoms. The molecule has 3 N–H and O–H groups in total. The largest absolute Gasteiger partial charge is 0.366 e. The molecule has 0 aromatic heterocycles. The number of hydrogen-bond donors (Lipinski definition) is 2. The molecule has 0 unspecified atom stereocenters. The van der Waals surface area contributed by atoms with Crippen LogP contribution in [0, 0.1) is 5.82 Å². The van der Waals surface area contributed by atoms with Crippen LogP contribution in [0.1, 0.15) is 15.9 Å². The highest BCUT2D eigenvalue weighted by atomic mass is 35.5. The lowest BCUT2D eigenvalue weighted by atomic mass is 10.2. The van der Waals surface area contributed by atoms with Crippen molar-refractivity contribution in [3.63, 3.8) is 0 Å². The number of benzene rings is 2. The Kier molecular flexibility index (Phi) is 7.37. The molecule has 0 aliphatic heterocycles. The van der Waals surface area contributed by atoms with Crippen LogP contribution in [0.3, 0.4) is 0 Å². The van der Waals surface area contributed by atoms with Crippen LogP contribution in [0.2, 0.25) is 10.0 Å². The molecule has 0 atom stereocenters. The quantitative estimate of drug-likeness (QED) is 0.777. The highest BCUT2D eigenvalue weighted by Crippen LogP contribution is 2.16. The van der Waals surface area contributed by atoms with E-state index in [1.54, 1.807) is 24.3 Å². The highest BCUT2D eigenvalue weighted by Gasteiger charge is 2.05. The number of carbonyl (C=O) groups is 1. The van der Waals surface area contributed by atoms with Gasteiger partial charge in [-0.25, -0.2) is 4.39 Å². The molecule has 2 aromatic rings. The van der Waals surface area contributed by atoms with Gasteiger partial charge in [0.05, 0.1) is 16.0 Å². The van der Waals surface area contributed by atoms with Gasteiger partial charge < -0.3 is 5.73 Å². The average Bonchev–Trinajstić information content (AvgIpc) is 2.45. The van der Waals surface area contributed by atoms with Gasteiger partial charge in [-0.15, -0.1) is 0 Å². The van der Waals surface area contributed by atoms with E-state index in [-0.39, 0.29) is 10.6 Å². The Morgan fingerprint density at radius 1 is 1.17 bits per heavy atom. The van der Waals surface area contributed by atoms with Crippen LogP contribution in [0.4, 0.5) is 4.39 Å². The molecule has 0 heterocycles. The lowest BCUT2D eigenvalue weighted by Gasteiger charge is -1.97. The summed E-state index contributed by atoms with van der Waals surface area (Å²) < 4.78 is 41.4. The van der Waals surface area contributed by atoms with E-state index >= 15 is 0 Å². The lowest BCUT2D eigenvalue weighted by Crippen LogP contribution is -2.11. The van der Waals surface area contributed by atoms with Gasteiger partial charge in [0.2, 0.25) is 5.91 Å². The van der Waals surface area contributed by atoms with Gasteiger partial charge in [-0.2, -0.15) is 8.42 Å². The van der Waals surface area contributed by atoms with Gasteiger partial charge in [-0.1, -0.05) is 35.3 Å². The molecule has 0 fully saturated rings. The maximum absolute atomic E-state index is 12.4. The summed E-state index contributed by atoms with van der Waals surface area (Å²) in [7, 11) is -4.06. The summed E-state index contributed by atoms with van der Waals surface area (Å²) in [4.78, 5) is 10.5. The highest BCUT2D eigenvalue weighted by molar-refractivity contribution is 7.88. The molecule has 0 radical (unpaired) electrons. The Morgan fingerprint density at radius 2 is 1.83 bits per heavy atom. The number of carbonyl (C=O) groups excluding carboxylic acids is 1. The van der Waals surface area contributed by atoms with Crippen molar-refractivity contribution >= 4 is 45.3 Å². The number of amides is 1. The van der Waals surface area contributed by atoms with Gasteiger partial charge in [0.15, 0.2) is 0 Å². The smallest absolute Gasteiger partial charge is 0.287 e. The van der Waals surface area contributed by atoms with Crippen molar-refractivity contribution in [2.45, 2.75) is 0 Å². The number of rotatable bonds is 3. The molecule has 0 aliphatic rings. The van der Waals surface area contributed by atoms with Gasteiger partial charge in [-0.3, -0.25) is 9.35 Å². The van der Waals surface area contributed by atoms with Crippen molar-refractivity contribution in [2.75, 3.05) is 0 Å². The van der Waals surface area contributed by atoms with Crippen LogP contribution in [0.5, 0.6) is 0 Å². The Bertz CT molecular complexity index is 870. The Hall–Kier alpha value is -1.93.